The van der Waals surface area contributed by atoms with Crippen LogP contribution in [0.25, 0.3) is 5.69 Å². The van der Waals surface area contributed by atoms with Crippen molar-refractivity contribution in [3.63, 3.8) is 0 Å². The van der Waals surface area contributed by atoms with Gasteiger partial charge < -0.3 is 20.1 Å². The number of fused-ring (bicyclic) bond motifs is 1. The first-order valence-corrected chi connectivity index (χ1v) is 15.6. The van der Waals surface area contributed by atoms with E-state index in [-0.39, 0.29) is 35.9 Å². The number of benzene rings is 3. The Kier molecular flexibility index (Phi) is 8.63. The second-order valence-electron chi connectivity index (χ2n) is 13.0. The largest absolute Gasteiger partial charge is 0.454 e. The maximum absolute atomic E-state index is 14.0. The molecule has 2 amide bonds. The summed E-state index contributed by atoms with van der Waals surface area (Å²) in [6.45, 7) is 10.3. The molecule has 0 bridgehead atoms. The van der Waals surface area contributed by atoms with E-state index in [9.17, 15) is 9.59 Å². The van der Waals surface area contributed by atoms with Gasteiger partial charge in [-0.05, 0) is 86.3 Å². The van der Waals surface area contributed by atoms with E-state index in [0.717, 1.165) is 54.0 Å². The van der Waals surface area contributed by atoms with Gasteiger partial charge in [-0.15, -0.1) is 0 Å². The van der Waals surface area contributed by atoms with Gasteiger partial charge in [0.15, 0.2) is 11.5 Å². The van der Waals surface area contributed by atoms with Gasteiger partial charge >= 0.3 is 6.03 Å². The molecule has 1 atom stereocenters. The highest BCUT2D eigenvalue weighted by Crippen LogP contribution is 2.36. The molecule has 2 aliphatic heterocycles. The number of anilines is 2. The summed E-state index contributed by atoms with van der Waals surface area (Å²) in [7, 11) is 0. The maximum Gasteiger partial charge on any atom is 0.324 e. The maximum atomic E-state index is 14.0. The zero-order valence-electron chi connectivity index (χ0n) is 26.4. The predicted octanol–water partition coefficient (Wildman–Crippen LogP) is 6.75. The van der Waals surface area contributed by atoms with Gasteiger partial charge in [-0.2, -0.15) is 5.10 Å². The molecule has 3 aromatic carbocycles. The third-order valence-electron chi connectivity index (χ3n) is 8.52. The first-order chi connectivity index (χ1) is 21.6. The van der Waals surface area contributed by atoms with Crippen molar-refractivity contribution in [2.24, 2.45) is 5.92 Å². The molecule has 0 spiro atoms. The Morgan fingerprint density at radius 2 is 1.71 bits per heavy atom. The van der Waals surface area contributed by atoms with Gasteiger partial charge in [0, 0.05) is 29.5 Å². The quantitative estimate of drug-likeness (QED) is 0.205. The minimum atomic E-state index is -0.383. The van der Waals surface area contributed by atoms with Crippen molar-refractivity contribution in [3.05, 3.63) is 95.2 Å². The van der Waals surface area contributed by atoms with E-state index in [2.05, 4.69) is 36.7 Å². The number of hydrogen-bond donors (Lipinski definition) is 3. The van der Waals surface area contributed by atoms with Gasteiger partial charge in [0.05, 0.1) is 11.4 Å². The van der Waals surface area contributed by atoms with Crippen LogP contribution in [0.2, 0.25) is 0 Å². The van der Waals surface area contributed by atoms with Crippen LogP contribution in [0.15, 0.2) is 72.8 Å². The first-order valence-electron chi connectivity index (χ1n) is 15.6. The number of carbonyl (C=O) groups is 2. The highest BCUT2D eigenvalue weighted by Gasteiger charge is 2.31. The summed E-state index contributed by atoms with van der Waals surface area (Å²) >= 11 is 0. The fourth-order valence-corrected chi connectivity index (χ4v) is 6.07. The van der Waals surface area contributed by atoms with E-state index in [4.69, 9.17) is 14.6 Å². The van der Waals surface area contributed by atoms with E-state index in [1.54, 1.807) is 4.68 Å². The Morgan fingerprint density at radius 3 is 2.47 bits per heavy atom. The molecule has 2 aliphatic rings. The van der Waals surface area contributed by atoms with Crippen LogP contribution in [0.1, 0.15) is 61.9 Å². The van der Waals surface area contributed by atoms with Crippen LogP contribution >= 0.6 is 0 Å². The molecule has 234 valence electrons. The lowest BCUT2D eigenvalue weighted by Crippen LogP contribution is -2.34. The van der Waals surface area contributed by atoms with Crippen LogP contribution in [-0.2, 0) is 16.6 Å². The average molecular weight is 608 g/mol. The Bertz CT molecular complexity index is 1680. The normalized spacial score (nSPS) is 15.5. The summed E-state index contributed by atoms with van der Waals surface area (Å²) in [6.07, 6.45) is 2.12. The van der Waals surface area contributed by atoms with Crippen molar-refractivity contribution in [1.82, 2.24) is 15.1 Å². The van der Waals surface area contributed by atoms with Crippen molar-refractivity contribution in [2.75, 3.05) is 30.5 Å². The number of aromatic nitrogens is 2. The number of nitrogens with one attached hydrogen (secondary N) is 3. The fraction of sp³-hybridized carbons (Fsp3) is 0.361. The predicted molar refractivity (Wildman–Crippen MR) is 176 cm³/mol. The van der Waals surface area contributed by atoms with Crippen molar-refractivity contribution in [1.29, 1.82) is 0 Å². The van der Waals surface area contributed by atoms with Gasteiger partial charge in [0.1, 0.15) is 11.6 Å². The summed E-state index contributed by atoms with van der Waals surface area (Å²) in [6, 6.07) is 22.9. The number of amides is 2. The molecule has 1 unspecified atom stereocenters. The van der Waals surface area contributed by atoms with Crippen molar-refractivity contribution >= 4 is 23.3 Å². The van der Waals surface area contributed by atoms with Gasteiger partial charge in [-0.25, -0.2) is 9.48 Å². The van der Waals surface area contributed by atoms with Crippen LogP contribution in [0, 0.1) is 12.8 Å². The third kappa shape index (κ3) is 7.04. The first kappa shape index (κ1) is 30.4. The molecule has 3 N–H and O–H groups in total. The Hall–Kier alpha value is -4.63. The monoisotopic (exact) mass is 607 g/mol. The number of piperidine rings is 1. The Morgan fingerprint density at radius 1 is 0.956 bits per heavy atom. The van der Waals surface area contributed by atoms with Crippen molar-refractivity contribution < 1.29 is 19.1 Å². The van der Waals surface area contributed by atoms with Crippen LogP contribution in [-0.4, -0.2) is 41.5 Å². The van der Waals surface area contributed by atoms with E-state index in [1.165, 1.54) is 0 Å². The molecule has 0 radical (unpaired) electrons. The summed E-state index contributed by atoms with van der Waals surface area (Å²) in [5.74, 6) is 2.02. The van der Waals surface area contributed by atoms with Crippen molar-refractivity contribution in [3.8, 4) is 17.2 Å². The van der Waals surface area contributed by atoms with E-state index in [0.29, 0.717) is 29.4 Å². The SMILES string of the molecule is Cc1ccc(-n2nc(C(C)(C)C)cc2NC(=O)Nc2cccc(C(C(=O)Cc3ccc4c(c3)OCO4)C3CCNCC3)c2)cc1. The van der Waals surface area contributed by atoms with Crippen molar-refractivity contribution in [2.45, 2.75) is 58.3 Å². The highest BCUT2D eigenvalue weighted by atomic mass is 16.7. The number of hydrogen-bond acceptors (Lipinski definition) is 6. The standard InChI is InChI=1S/C36H41N5O4/c1-23-8-11-28(12-9-23)41-33(21-32(40-41)36(2,3)4)39-35(43)38-27-7-5-6-26(20-27)34(25-14-16-37-17-15-25)29(42)18-24-10-13-30-31(19-24)45-22-44-30/h5-13,19-21,25,34,37H,14-18,22H2,1-4H3,(H2,38,39,43). The minimum absolute atomic E-state index is 0.152. The molecule has 1 saturated heterocycles. The second-order valence-corrected chi connectivity index (χ2v) is 13.0. The number of urea groups is 1. The zero-order chi connectivity index (χ0) is 31.6. The average Bonchev–Trinajstić information content (AvgIpc) is 3.66. The van der Waals surface area contributed by atoms with Gasteiger partial charge in [-0.3, -0.25) is 10.1 Å². The zero-order valence-corrected chi connectivity index (χ0v) is 26.4. The summed E-state index contributed by atoms with van der Waals surface area (Å²) in [5.41, 5.74) is 5.10. The van der Waals surface area contributed by atoms with Crippen LogP contribution < -0.4 is 25.4 Å². The summed E-state index contributed by atoms with van der Waals surface area (Å²) < 4.78 is 12.7. The molecule has 1 fully saturated rings. The number of Topliss-reactive ketones (excluding diaryl/α,β-unsaturated/α-hetero) is 1. The molecule has 4 aromatic rings. The Balaban J connectivity index is 1.22. The lowest BCUT2D eigenvalue weighted by atomic mass is 9.76. The molecule has 0 saturated carbocycles. The highest BCUT2D eigenvalue weighted by molar-refractivity contribution is 5.99. The molecule has 0 aliphatic carbocycles. The summed E-state index contributed by atoms with van der Waals surface area (Å²) in [5, 5.41) is 14.2. The molecule has 45 heavy (non-hydrogen) atoms. The fourth-order valence-electron chi connectivity index (χ4n) is 6.07. The summed E-state index contributed by atoms with van der Waals surface area (Å²) in [4.78, 5) is 27.3. The molecule has 3 heterocycles. The van der Waals surface area contributed by atoms with E-state index < -0.39 is 0 Å². The smallest absolute Gasteiger partial charge is 0.324 e. The number of carbonyl (C=O) groups excluding carboxylic acids is 2. The molecule has 9 nitrogen and oxygen atoms in total. The van der Waals surface area contributed by atoms with Crippen LogP contribution in [0.3, 0.4) is 0 Å². The van der Waals surface area contributed by atoms with Crippen LogP contribution in [0.5, 0.6) is 11.5 Å². The molecular weight excluding hydrogens is 566 g/mol. The molecule has 9 heteroatoms. The Labute approximate surface area is 264 Å². The van der Waals surface area contributed by atoms with Crippen LogP contribution in [0.4, 0.5) is 16.3 Å². The number of ether oxygens (including phenoxy) is 2. The second kappa shape index (κ2) is 12.8. The topological polar surface area (TPSA) is 107 Å². The minimum Gasteiger partial charge on any atom is -0.454 e. The molecule has 1 aromatic heterocycles. The van der Waals surface area contributed by atoms with Gasteiger partial charge in [-0.1, -0.05) is 56.7 Å². The number of nitrogens with zero attached hydrogens (tertiary/aromatic N) is 2. The third-order valence-corrected chi connectivity index (χ3v) is 8.52. The lowest BCUT2D eigenvalue weighted by Gasteiger charge is -2.30. The number of ketones is 1. The van der Waals surface area contributed by atoms with E-state index >= 15 is 0 Å². The lowest BCUT2D eigenvalue weighted by molar-refractivity contribution is -0.121. The van der Waals surface area contributed by atoms with E-state index in [1.807, 2.05) is 79.7 Å². The number of rotatable bonds is 8. The van der Waals surface area contributed by atoms with Gasteiger partial charge in [0.25, 0.3) is 0 Å². The molecule has 6 rings (SSSR count). The van der Waals surface area contributed by atoms with Gasteiger partial charge in [0.2, 0.25) is 6.79 Å². The molecular formula is C36H41N5O4. The number of aryl methyl sites for hydroxylation is 1.